The minimum atomic E-state index is -3.53. The summed E-state index contributed by atoms with van der Waals surface area (Å²) in [7, 11) is -3.98. The van der Waals surface area contributed by atoms with Crippen LogP contribution in [0.4, 0.5) is 0 Å². The number of rotatable bonds is 4. The van der Waals surface area contributed by atoms with E-state index in [1.807, 2.05) is 52.0 Å². The molecule has 2 rings (SSSR count). The zero-order valence-corrected chi connectivity index (χ0v) is 14.6. The van der Waals surface area contributed by atoms with Gasteiger partial charge in [0.1, 0.15) is 0 Å². The van der Waals surface area contributed by atoms with Crippen molar-refractivity contribution in [1.29, 1.82) is 0 Å². The van der Waals surface area contributed by atoms with Crippen molar-refractivity contribution < 1.29 is 17.7 Å². The van der Waals surface area contributed by atoms with Crippen LogP contribution in [0.5, 0.6) is 0 Å². The number of primary sulfonamides is 1. The highest BCUT2D eigenvalue weighted by molar-refractivity contribution is 7.89. The molecule has 22 heavy (non-hydrogen) atoms. The molecule has 1 aliphatic rings. The van der Waals surface area contributed by atoms with Gasteiger partial charge in [-0.15, -0.1) is 0 Å². The predicted molar refractivity (Wildman–Crippen MR) is 88.4 cm³/mol. The molecular weight excluding hydrogens is 301 g/mol. The molecule has 1 fully saturated rings. The van der Waals surface area contributed by atoms with Crippen LogP contribution in [0.1, 0.15) is 40.2 Å². The molecule has 1 unspecified atom stereocenters. The summed E-state index contributed by atoms with van der Waals surface area (Å²) in [6.07, 6.45) is 0.367. The van der Waals surface area contributed by atoms with Gasteiger partial charge in [-0.05, 0) is 52.1 Å². The Labute approximate surface area is 133 Å². The van der Waals surface area contributed by atoms with Crippen LogP contribution in [0.25, 0.3) is 0 Å². The SMILES string of the molecule is CC(Cc1cccc(B2OC(C)(C)C(C)(C)O2)c1)S(N)(=O)=O. The number of hydrogen-bond donors (Lipinski definition) is 1. The fourth-order valence-electron chi connectivity index (χ4n) is 2.29. The molecule has 0 spiro atoms. The van der Waals surface area contributed by atoms with Crippen LogP contribution in [0.15, 0.2) is 24.3 Å². The Morgan fingerprint density at radius 1 is 1.18 bits per heavy atom. The summed E-state index contributed by atoms with van der Waals surface area (Å²) < 4.78 is 34.8. The van der Waals surface area contributed by atoms with Gasteiger partial charge in [0.15, 0.2) is 0 Å². The maximum Gasteiger partial charge on any atom is 0.494 e. The minimum Gasteiger partial charge on any atom is -0.399 e. The van der Waals surface area contributed by atoms with Crippen LogP contribution in [-0.4, -0.2) is 32.0 Å². The van der Waals surface area contributed by atoms with Crippen molar-refractivity contribution in [3.63, 3.8) is 0 Å². The van der Waals surface area contributed by atoms with Crippen LogP contribution >= 0.6 is 0 Å². The van der Waals surface area contributed by atoms with Crippen molar-refractivity contribution in [3.05, 3.63) is 29.8 Å². The largest absolute Gasteiger partial charge is 0.494 e. The van der Waals surface area contributed by atoms with Gasteiger partial charge in [0.25, 0.3) is 0 Å². The van der Waals surface area contributed by atoms with E-state index in [1.165, 1.54) is 0 Å². The predicted octanol–water partition coefficient (Wildman–Crippen LogP) is 1.21. The van der Waals surface area contributed by atoms with Gasteiger partial charge in [-0.25, -0.2) is 13.6 Å². The average Bonchev–Trinajstić information content (AvgIpc) is 2.57. The zero-order valence-electron chi connectivity index (χ0n) is 13.8. The van der Waals surface area contributed by atoms with E-state index in [0.29, 0.717) is 6.42 Å². The Morgan fingerprint density at radius 3 is 2.23 bits per heavy atom. The first-order valence-corrected chi connectivity index (χ1v) is 8.99. The molecule has 1 saturated heterocycles. The Morgan fingerprint density at radius 2 is 1.73 bits per heavy atom. The Bertz CT molecular complexity index is 641. The van der Waals surface area contributed by atoms with Crippen LogP contribution in [-0.2, 0) is 25.8 Å². The lowest BCUT2D eigenvalue weighted by molar-refractivity contribution is 0.00578. The number of nitrogens with two attached hydrogens (primary N) is 1. The first kappa shape index (κ1) is 17.5. The van der Waals surface area contributed by atoms with E-state index in [0.717, 1.165) is 11.0 Å². The smallest absolute Gasteiger partial charge is 0.399 e. The molecule has 0 aromatic heterocycles. The number of sulfonamides is 1. The number of benzene rings is 1. The molecule has 1 atom stereocenters. The van der Waals surface area contributed by atoms with E-state index in [-0.39, 0.29) is 0 Å². The molecule has 2 N–H and O–H groups in total. The summed E-state index contributed by atoms with van der Waals surface area (Å²) in [6.45, 7) is 9.61. The van der Waals surface area contributed by atoms with Crippen molar-refractivity contribution in [2.75, 3.05) is 0 Å². The van der Waals surface area contributed by atoms with E-state index in [2.05, 4.69) is 0 Å². The van der Waals surface area contributed by atoms with Gasteiger partial charge < -0.3 is 9.31 Å². The van der Waals surface area contributed by atoms with E-state index < -0.39 is 33.6 Å². The topological polar surface area (TPSA) is 78.6 Å². The Balaban J connectivity index is 2.20. The molecular formula is C15H24BNO4S. The third-order valence-electron chi connectivity index (χ3n) is 4.56. The van der Waals surface area contributed by atoms with Gasteiger partial charge >= 0.3 is 7.12 Å². The quantitative estimate of drug-likeness (QED) is 0.844. The second kappa shape index (κ2) is 5.63. The van der Waals surface area contributed by atoms with E-state index in [1.54, 1.807) is 6.92 Å². The fourth-order valence-corrected chi connectivity index (χ4v) is 2.72. The lowest BCUT2D eigenvalue weighted by atomic mass is 9.78. The molecule has 7 heteroatoms. The van der Waals surface area contributed by atoms with Gasteiger partial charge in [-0.2, -0.15) is 0 Å². The Hall–Kier alpha value is -0.885. The lowest BCUT2D eigenvalue weighted by Crippen LogP contribution is -2.41. The third kappa shape index (κ3) is 3.54. The van der Waals surface area contributed by atoms with E-state index in [9.17, 15) is 8.42 Å². The molecule has 1 aromatic carbocycles. The monoisotopic (exact) mass is 325 g/mol. The first-order valence-electron chi connectivity index (χ1n) is 7.38. The Kier molecular flexibility index (Phi) is 4.47. The molecule has 1 aliphatic heterocycles. The maximum atomic E-state index is 11.4. The summed E-state index contributed by atoms with van der Waals surface area (Å²) in [5.74, 6) is 0. The van der Waals surface area contributed by atoms with Crippen molar-refractivity contribution in [3.8, 4) is 0 Å². The molecule has 122 valence electrons. The maximum absolute atomic E-state index is 11.4. The first-order chi connectivity index (χ1) is 9.92. The second-order valence-electron chi connectivity index (χ2n) is 6.94. The van der Waals surface area contributed by atoms with Gasteiger partial charge in [0.05, 0.1) is 16.5 Å². The third-order valence-corrected chi connectivity index (χ3v) is 5.85. The van der Waals surface area contributed by atoms with Crippen molar-refractivity contribution in [1.82, 2.24) is 0 Å². The molecule has 0 amide bonds. The highest BCUT2D eigenvalue weighted by atomic mass is 32.2. The lowest BCUT2D eigenvalue weighted by Gasteiger charge is -2.32. The summed E-state index contributed by atoms with van der Waals surface area (Å²) in [5, 5.41) is 4.56. The van der Waals surface area contributed by atoms with Crippen molar-refractivity contribution in [2.24, 2.45) is 5.14 Å². The minimum absolute atomic E-state index is 0.367. The normalized spacial score (nSPS) is 21.8. The highest BCUT2D eigenvalue weighted by Gasteiger charge is 2.51. The van der Waals surface area contributed by atoms with Crippen LogP contribution < -0.4 is 10.6 Å². The molecule has 1 aromatic rings. The van der Waals surface area contributed by atoms with Crippen LogP contribution in [0.3, 0.4) is 0 Å². The van der Waals surface area contributed by atoms with Gasteiger partial charge in [0.2, 0.25) is 10.0 Å². The van der Waals surface area contributed by atoms with E-state index in [4.69, 9.17) is 14.4 Å². The van der Waals surface area contributed by atoms with Crippen LogP contribution in [0.2, 0.25) is 0 Å². The molecule has 0 bridgehead atoms. The van der Waals surface area contributed by atoms with Crippen molar-refractivity contribution >= 4 is 22.6 Å². The molecule has 5 nitrogen and oxygen atoms in total. The molecule has 1 heterocycles. The van der Waals surface area contributed by atoms with Gasteiger partial charge in [-0.3, -0.25) is 0 Å². The highest BCUT2D eigenvalue weighted by Crippen LogP contribution is 2.36. The standard InChI is InChI=1S/C15H24BNO4S/c1-11(22(17,18)19)9-12-7-6-8-13(10-12)16-20-14(2,3)15(4,5)21-16/h6-8,10-11H,9H2,1-5H3,(H2,17,18,19). The van der Waals surface area contributed by atoms with Gasteiger partial charge in [0, 0.05) is 0 Å². The summed E-state index contributed by atoms with van der Waals surface area (Å²) in [5.41, 5.74) is 0.981. The zero-order chi connectivity index (χ0) is 16.8. The molecule has 0 radical (unpaired) electrons. The average molecular weight is 325 g/mol. The fraction of sp³-hybridized carbons (Fsp3) is 0.600. The second-order valence-corrected chi connectivity index (χ2v) is 8.92. The molecule has 0 aliphatic carbocycles. The van der Waals surface area contributed by atoms with Crippen LogP contribution in [0, 0.1) is 0 Å². The van der Waals surface area contributed by atoms with E-state index >= 15 is 0 Å². The summed E-state index contributed by atoms with van der Waals surface area (Å²) in [4.78, 5) is 0. The number of hydrogen-bond acceptors (Lipinski definition) is 4. The van der Waals surface area contributed by atoms with Crippen molar-refractivity contribution in [2.45, 2.75) is 57.5 Å². The van der Waals surface area contributed by atoms with Gasteiger partial charge in [-0.1, -0.05) is 24.3 Å². The molecule has 0 saturated carbocycles. The summed E-state index contributed by atoms with van der Waals surface area (Å²) >= 11 is 0. The summed E-state index contributed by atoms with van der Waals surface area (Å²) in [6, 6.07) is 7.61.